The zero-order chi connectivity index (χ0) is 19.2. The Morgan fingerprint density at radius 2 is 1.78 bits per heavy atom. The van der Waals surface area contributed by atoms with Gasteiger partial charge in [-0.05, 0) is 17.7 Å². The van der Waals surface area contributed by atoms with Gasteiger partial charge in [0.05, 0.1) is 12.5 Å². The van der Waals surface area contributed by atoms with Crippen LogP contribution in [0.15, 0.2) is 59.4 Å². The van der Waals surface area contributed by atoms with Crippen molar-refractivity contribution in [2.24, 2.45) is 0 Å². The van der Waals surface area contributed by atoms with Crippen LogP contribution in [0.25, 0.3) is 10.9 Å². The third-order valence-corrected chi connectivity index (χ3v) is 4.03. The van der Waals surface area contributed by atoms with E-state index in [-0.39, 0.29) is 19.6 Å². The van der Waals surface area contributed by atoms with Crippen LogP contribution in [0.2, 0.25) is 0 Å². The second-order valence-electron chi connectivity index (χ2n) is 5.88. The highest BCUT2D eigenvalue weighted by molar-refractivity contribution is 5.82. The highest BCUT2D eigenvalue weighted by Gasteiger charge is 2.20. The summed E-state index contributed by atoms with van der Waals surface area (Å²) < 4.78 is 5.67. The Hall–Kier alpha value is -3.55. The molecule has 0 radical (unpaired) electrons. The van der Waals surface area contributed by atoms with Gasteiger partial charge in [0.25, 0.3) is 5.56 Å². The maximum absolute atomic E-state index is 12.7. The van der Waals surface area contributed by atoms with Crippen LogP contribution in [-0.4, -0.2) is 45.4 Å². The van der Waals surface area contributed by atoms with Gasteiger partial charge in [-0.25, -0.2) is 4.68 Å². The molecule has 0 unspecified atom stereocenters. The molecule has 27 heavy (non-hydrogen) atoms. The molecule has 0 aliphatic rings. The quantitative estimate of drug-likeness (QED) is 0.604. The number of fused-ring (bicyclic) bond motifs is 1. The number of nitrogens with zero attached hydrogens (tertiary/aromatic N) is 4. The van der Waals surface area contributed by atoms with Crippen molar-refractivity contribution in [1.82, 2.24) is 19.9 Å². The molecule has 3 rings (SSSR count). The third-order valence-electron chi connectivity index (χ3n) is 4.03. The average molecular weight is 366 g/mol. The first kappa shape index (κ1) is 18.2. The lowest BCUT2D eigenvalue weighted by molar-refractivity contribution is -0.147. The van der Waals surface area contributed by atoms with Gasteiger partial charge in [0.2, 0.25) is 5.91 Å². The highest BCUT2D eigenvalue weighted by atomic mass is 16.5. The Bertz CT molecular complexity index is 1020. The van der Waals surface area contributed by atoms with E-state index in [1.54, 1.807) is 24.3 Å². The molecule has 1 heterocycles. The Morgan fingerprint density at radius 3 is 2.52 bits per heavy atom. The molecule has 3 aromatic rings. The smallest absolute Gasteiger partial charge is 0.325 e. The summed E-state index contributed by atoms with van der Waals surface area (Å²) in [4.78, 5) is 38.3. The number of aromatic nitrogens is 3. The Balaban J connectivity index is 1.84. The van der Waals surface area contributed by atoms with E-state index in [2.05, 4.69) is 15.0 Å². The lowest BCUT2D eigenvalue weighted by atomic mass is 10.2. The molecule has 0 saturated heterocycles. The molecule has 8 nitrogen and oxygen atoms in total. The van der Waals surface area contributed by atoms with Crippen molar-refractivity contribution in [3.63, 3.8) is 0 Å². The number of ether oxygens (including phenoxy) is 1. The summed E-state index contributed by atoms with van der Waals surface area (Å²) in [6.07, 6.45) is 0. The number of methoxy groups -OCH3 is 1. The number of amides is 1. The van der Waals surface area contributed by atoms with Crippen LogP contribution in [0, 0.1) is 0 Å². The molecule has 0 aliphatic carbocycles. The second kappa shape index (κ2) is 8.22. The Morgan fingerprint density at radius 1 is 1.07 bits per heavy atom. The normalized spacial score (nSPS) is 10.6. The summed E-state index contributed by atoms with van der Waals surface area (Å²) in [5, 5.41) is 8.17. The molecule has 1 amide bonds. The molecule has 0 bridgehead atoms. The van der Waals surface area contributed by atoms with Crippen LogP contribution >= 0.6 is 0 Å². The van der Waals surface area contributed by atoms with Gasteiger partial charge in [-0.1, -0.05) is 47.7 Å². The molecule has 0 N–H and O–H groups in total. The standard InChI is InChI=1S/C19H18N4O4/c1-27-18(25)13-22(11-14-7-3-2-4-8-14)17(24)12-23-19(26)15-9-5-6-10-16(15)20-21-23/h2-10H,11-13H2,1H3. The SMILES string of the molecule is COC(=O)CN(Cc1ccccc1)C(=O)Cn1nnc2ccccc2c1=O. The largest absolute Gasteiger partial charge is 0.468 e. The highest BCUT2D eigenvalue weighted by Crippen LogP contribution is 2.07. The Kier molecular flexibility index (Phi) is 5.55. The minimum Gasteiger partial charge on any atom is -0.468 e. The van der Waals surface area contributed by atoms with Crippen LogP contribution < -0.4 is 5.56 Å². The number of esters is 1. The molecule has 8 heteroatoms. The number of benzene rings is 2. The monoisotopic (exact) mass is 366 g/mol. The summed E-state index contributed by atoms with van der Waals surface area (Å²) in [6, 6.07) is 16.0. The van der Waals surface area contributed by atoms with Gasteiger partial charge in [0.1, 0.15) is 18.6 Å². The van der Waals surface area contributed by atoms with Crippen molar-refractivity contribution >= 4 is 22.8 Å². The zero-order valence-electron chi connectivity index (χ0n) is 14.7. The number of carbonyl (C=O) groups is 2. The lowest BCUT2D eigenvalue weighted by Gasteiger charge is -2.21. The van der Waals surface area contributed by atoms with Crippen LogP contribution in [0.3, 0.4) is 0 Å². The minimum atomic E-state index is -0.545. The molecule has 138 valence electrons. The molecule has 0 atom stereocenters. The van der Waals surface area contributed by atoms with Crippen molar-refractivity contribution in [1.29, 1.82) is 0 Å². The van der Waals surface area contributed by atoms with Gasteiger partial charge in [-0.2, -0.15) is 0 Å². The van der Waals surface area contributed by atoms with Crippen molar-refractivity contribution < 1.29 is 14.3 Å². The summed E-state index contributed by atoms with van der Waals surface area (Å²) >= 11 is 0. The fraction of sp³-hybridized carbons (Fsp3) is 0.211. The molecular weight excluding hydrogens is 348 g/mol. The molecule has 0 saturated carbocycles. The number of hydrogen-bond acceptors (Lipinski definition) is 6. The van der Waals surface area contributed by atoms with Crippen molar-refractivity contribution in [2.75, 3.05) is 13.7 Å². The molecule has 0 fully saturated rings. The van der Waals surface area contributed by atoms with Crippen LogP contribution in [0.5, 0.6) is 0 Å². The van der Waals surface area contributed by atoms with E-state index >= 15 is 0 Å². The molecule has 1 aromatic heterocycles. The zero-order valence-corrected chi connectivity index (χ0v) is 14.7. The molecule has 0 aliphatic heterocycles. The number of hydrogen-bond donors (Lipinski definition) is 0. The predicted molar refractivity (Wildman–Crippen MR) is 97.7 cm³/mol. The van der Waals surface area contributed by atoms with Crippen molar-refractivity contribution in [3.8, 4) is 0 Å². The maximum Gasteiger partial charge on any atom is 0.325 e. The first-order valence-corrected chi connectivity index (χ1v) is 8.29. The van der Waals surface area contributed by atoms with E-state index in [0.29, 0.717) is 10.9 Å². The first-order valence-electron chi connectivity index (χ1n) is 8.29. The number of rotatable bonds is 6. The Labute approximate surface area is 155 Å². The van der Waals surface area contributed by atoms with Gasteiger partial charge >= 0.3 is 5.97 Å². The van der Waals surface area contributed by atoms with Crippen LogP contribution in [-0.2, 0) is 27.4 Å². The van der Waals surface area contributed by atoms with Gasteiger partial charge in [-0.15, -0.1) is 5.10 Å². The molecule has 2 aromatic carbocycles. The lowest BCUT2D eigenvalue weighted by Crippen LogP contribution is -2.40. The summed E-state index contributed by atoms with van der Waals surface area (Å²) in [7, 11) is 1.26. The predicted octanol–water partition coefficient (Wildman–Crippen LogP) is 0.993. The molecule has 0 spiro atoms. The second-order valence-corrected chi connectivity index (χ2v) is 5.88. The van der Waals surface area contributed by atoms with E-state index in [4.69, 9.17) is 0 Å². The summed E-state index contributed by atoms with van der Waals surface area (Å²) in [5.41, 5.74) is 0.903. The minimum absolute atomic E-state index is 0.213. The van der Waals surface area contributed by atoms with E-state index in [0.717, 1.165) is 10.2 Å². The van der Waals surface area contributed by atoms with Gasteiger partial charge < -0.3 is 9.64 Å². The summed E-state index contributed by atoms with van der Waals surface area (Å²) in [6.45, 7) is -0.328. The van der Waals surface area contributed by atoms with E-state index in [9.17, 15) is 14.4 Å². The van der Waals surface area contributed by atoms with Gasteiger partial charge in [-0.3, -0.25) is 14.4 Å². The summed E-state index contributed by atoms with van der Waals surface area (Å²) in [5.74, 6) is -0.979. The first-order chi connectivity index (χ1) is 13.1. The van der Waals surface area contributed by atoms with Crippen LogP contribution in [0.1, 0.15) is 5.56 Å². The number of carbonyl (C=O) groups excluding carboxylic acids is 2. The van der Waals surface area contributed by atoms with Crippen LogP contribution in [0.4, 0.5) is 0 Å². The molecular formula is C19H18N4O4. The maximum atomic E-state index is 12.7. The van der Waals surface area contributed by atoms with E-state index in [1.807, 2.05) is 30.3 Å². The van der Waals surface area contributed by atoms with Gasteiger partial charge in [0.15, 0.2) is 0 Å². The van der Waals surface area contributed by atoms with E-state index in [1.165, 1.54) is 12.0 Å². The fourth-order valence-corrected chi connectivity index (χ4v) is 2.61. The van der Waals surface area contributed by atoms with Gasteiger partial charge in [0, 0.05) is 6.54 Å². The van der Waals surface area contributed by atoms with Crippen molar-refractivity contribution in [3.05, 3.63) is 70.5 Å². The average Bonchev–Trinajstić information content (AvgIpc) is 2.70. The van der Waals surface area contributed by atoms with E-state index < -0.39 is 17.4 Å². The van der Waals surface area contributed by atoms with Crippen molar-refractivity contribution in [2.45, 2.75) is 13.1 Å². The third kappa shape index (κ3) is 4.35. The topological polar surface area (TPSA) is 94.4 Å². The fourth-order valence-electron chi connectivity index (χ4n) is 2.61.